The highest BCUT2D eigenvalue weighted by Gasteiger charge is 2.33. The fourth-order valence-electron chi connectivity index (χ4n) is 2.90. The van der Waals surface area contributed by atoms with Crippen LogP contribution in [0.3, 0.4) is 0 Å². The van der Waals surface area contributed by atoms with Crippen LogP contribution in [0.4, 0.5) is 27.8 Å². The molecular formula is C20H14F5N5. The van der Waals surface area contributed by atoms with Crippen LogP contribution >= 0.6 is 0 Å². The molecule has 5 nitrogen and oxygen atoms in total. The van der Waals surface area contributed by atoms with Crippen LogP contribution in [0.25, 0.3) is 16.6 Å². The minimum atomic E-state index is -4.51. The first-order valence-corrected chi connectivity index (χ1v) is 8.82. The number of benzene rings is 2. The summed E-state index contributed by atoms with van der Waals surface area (Å²) in [5.41, 5.74) is 0.670. The number of nitrogens with one attached hydrogen (secondary N) is 1. The topological polar surface area (TPSA) is 55.6 Å². The maximum absolute atomic E-state index is 13.1. The molecule has 1 N–H and O–H groups in total. The SMILES string of the molecule is FC(F)c1nc(NCc2ccc(-n3ccc(C(F)(F)F)n3)cc2)c2ccccc2n1. The number of anilines is 1. The first kappa shape index (κ1) is 19.7. The average molecular weight is 419 g/mol. The fraction of sp³-hybridized carbons (Fsp3) is 0.150. The Hall–Kier alpha value is -3.56. The highest BCUT2D eigenvalue weighted by Crippen LogP contribution is 2.28. The van der Waals surface area contributed by atoms with Crippen LogP contribution in [-0.4, -0.2) is 19.7 Å². The van der Waals surface area contributed by atoms with Crippen molar-refractivity contribution < 1.29 is 22.0 Å². The van der Waals surface area contributed by atoms with E-state index in [4.69, 9.17) is 0 Å². The van der Waals surface area contributed by atoms with Crippen LogP contribution < -0.4 is 5.32 Å². The monoisotopic (exact) mass is 419 g/mol. The zero-order chi connectivity index (χ0) is 21.3. The van der Waals surface area contributed by atoms with Gasteiger partial charge in [-0.05, 0) is 35.9 Å². The van der Waals surface area contributed by atoms with Gasteiger partial charge in [0, 0.05) is 18.1 Å². The lowest BCUT2D eigenvalue weighted by molar-refractivity contribution is -0.141. The summed E-state index contributed by atoms with van der Waals surface area (Å²) in [6.07, 6.45) is -6.08. The second-order valence-corrected chi connectivity index (χ2v) is 6.41. The van der Waals surface area contributed by atoms with Crippen molar-refractivity contribution in [3.63, 3.8) is 0 Å². The molecule has 0 aliphatic heterocycles. The summed E-state index contributed by atoms with van der Waals surface area (Å²) >= 11 is 0. The number of hydrogen-bond acceptors (Lipinski definition) is 4. The first-order chi connectivity index (χ1) is 14.3. The van der Waals surface area contributed by atoms with Crippen molar-refractivity contribution in [1.82, 2.24) is 19.7 Å². The maximum atomic E-state index is 13.1. The van der Waals surface area contributed by atoms with Crippen molar-refractivity contribution in [3.8, 4) is 5.69 Å². The lowest BCUT2D eigenvalue weighted by atomic mass is 10.2. The normalized spacial score (nSPS) is 11.9. The van der Waals surface area contributed by atoms with Crippen LogP contribution in [0.1, 0.15) is 23.5 Å². The van der Waals surface area contributed by atoms with Gasteiger partial charge in [0.15, 0.2) is 11.5 Å². The Balaban J connectivity index is 1.53. The first-order valence-electron chi connectivity index (χ1n) is 8.82. The summed E-state index contributed by atoms with van der Waals surface area (Å²) in [5.74, 6) is -0.285. The van der Waals surface area contributed by atoms with Gasteiger partial charge in [0.1, 0.15) is 5.82 Å². The lowest BCUT2D eigenvalue weighted by Crippen LogP contribution is -2.07. The van der Waals surface area contributed by atoms with Gasteiger partial charge in [-0.15, -0.1) is 0 Å². The van der Waals surface area contributed by atoms with Crippen LogP contribution in [0.2, 0.25) is 0 Å². The molecule has 154 valence electrons. The summed E-state index contributed by atoms with van der Waals surface area (Å²) in [7, 11) is 0. The van der Waals surface area contributed by atoms with Gasteiger partial charge in [-0.1, -0.05) is 24.3 Å². The molecule has 0 spiro atoms. The predicted molar refractivity (Wildman–Crippen MR) is 100 cm³/mol. The molecule has 0 unspecified atom stereocenters. The quantitative estimate of drug-likeness (QED) is 0.441. The van der Waals surface area contributed by atoms with E-state index in [1.165, 1.54) is 6.20 Å². The maximum Gasteiger partial charge on any atom is 0.435 e. The zero-order valence-corrected chi connectivity index (χ0v) is 15.2. The van der Waals surface area contributed by atoms with E-state index in [1.54, 1.807) is 48.5 Å². The fourth-order valence-corrected chi connectivity index (χ4v) is 2.90. The molecule has 10 heteroatoms. The third-order valence-electron chi connectivity index (χ3n) is 4.36. The average Bonchev–Trinajstić information content (AvgIpc) is 3.23. The van der Waals surface area contributed by atoms with Gasteiger partial charge in [-0.25, -0.2) is 23.4 Å². The molecule has 0 saturated heterocycles. The molecule has 0 amide bonds. The van der Waals surface area contributed by atoms with Crippen molar-refractivity contribution in [3.05, 3.63) is 77.9 Å². The molecule has 2 aromatic carbocycles. The summed E-state index contributed by atoms with van der Waals surface area (Å²) in [4.78, 5) is 7.78. The minimum absolute atomic E-state index is 0.275. The van der Waals surface area contributed by atoms with Crippen molar-refractivity contribution in [2.45, 2.75) is 19.1 Å². The molecule has 2 aromatic heterocycles. The Bertz CT molecular complexity index is 1170. The zero-order valence-electron chi connectivity index (χ0n) is 15.2. The summed E-state index contributed by atoms with van der Waals surface area (Å²) in [5, 5.41) is 7.16. The molecule has 0 saturated carbocycles. The Morgan fingerprint density at radius 1 is 0.933 bits per heavy atom. The van der Waals surface area contributed by atoms with Gasteiger partial charge in [0.25, 0.3) is 6.43 Å². The van der Waals surface area contributed by atoms with Gasteiger partial charge in [0.05, 0.1) is 11.2 Å². The molecule has 4 aromatic rings. The molecular weight excluding hydrogens is 405 g/mol. The molecule has 0 aliphatic rings. The Kier molecular flexibility index (Phi) is 5.06. The highest BCUT2D eigenvalue weighted by atomic mass is 19.4. The van der Waals surface area contributed by atoms with E-state index >= 15 is 0 Å². The number of aromatic nitrogens is 4. The van der Waals surface area contributed by atoms with Gasteiger partial charge in [0.2, 0.25) is 0 Å². The molecule has 0 bridgehead atoms. The predicted octanol–water partition coefficient (Wildman–Crippen LogP) is 5.38. The molecule has 0 aliphatic carbocycles. The van der Waals surface area contributed by atoms with E-state index in [0.29, 0.717) is 16.6 Å². The van der Waals surface area contributed by atoms with Gasteiger partial charge >= 0.3 is 6.18 Å². The standard InChI is InChI=1S/C20H14F5N5/c21-17(22)19-27-15-4-2-1-3-14(15)18(28-19)26-11-12-5-7-13(8-6-12)30-10-9-16(29-30)20(23,24)25/h1-10,17H,11H2,(H,26,27,28). The van der Waals surface area contributed by atoms with Crippen molar-refractivity contribution in [1.29, 1.82) is 0 Å². The lowest BCUT2D eigenvalue weighted by Gasteiger charge is -2.11. The Labute approximate surface area is 167 Å². The number of halogens is 5. The number of alkyl halides is 5. The number of rotatable bonds is 5. The van der Waals surface area contributed by atoms with E-state index in [1.807, 2.05) is 0 Å². The number of para-hydroxylation sites is 1. The second kappa shape index (κ2) is 7.69. The smallest absolute Gasteiger partial charge is 0.365 e. The van der Waals surface area contributed by atoms with Crippen LogP contribution in [0, 0.1) is 0 Å². The van der Waals surface area contributed by atoms with Gasteiger partial charge < -0.3 is 5.32 Å². The molecule has 4 rings (SSSR count). The molecule has 0 radical (unpaired) electrons. The van der Waals surface area contributed by atoms with Crippen LogP contribution in [0.15, 0.2) is 60.8 Å². The van der Waals surface area contributed by atoms with E-state index in [2.05, 4.69) is 20.4 Å². The van der Waals surface area contributed by atoms with Crippen LogP contribution in [0.5, 0.6) is 0 Å². The third-order valence-corrected chi connectivity index (χ3v) is 4.36. The van der Waals surface area contributed by atoms with Crippen LogP contribution in [-0.2, 0) is 12.7 Å². The summed E-state index contributed by atoms with van der Waals surface area (Å²) in [6.45, 7) is 0.275. The van der Waals surface area contributed by atoms with Gasteiger partial charge in [-0.3, -0.25) is 0 Å². The van der Waals surface area contributed by atoms with E-state index in [0.717, 1.165) is 16.3 Å². The summed E-state index contributed by atoms with van der Waals surface area (Å²) in [6, 6.07) is 14.4. The number of nitrogens with zero attached hydrogens (tertiary/aromatic N) is 4. The number of hydrogen-bond donors (Lipinski definition) is 1. The Morgan fingerprint density at radius 3 is 2.33 bits per heavy atom. The van der Waals surface area contributed by atoms with Crippen molar-refractivity contribution in [2.24, 2.45) is 0 Å². The van der Waals surface area contributed by atoms with Crippen molar-refractivity contribution >= 4 is 16.7 Å². The van der Waals surface area contributed by atoms with Gasteiger partial charge in [-0.2, -0.15) is 18.3 Å². The molecule has 0 fully saturated rings. The molecule has 30 heavy (non-hydrogen) atoms. The van der Waals surface area contributed by atoms with Crippen molar-refractivity contribution in [2.75, 3.05) is 5.32 Å². The largest absolute Gasteiger partial charge is 0.435 e. The second-order valence-electron chi connectivity index (χ2n) is 6.41. The molecule has 2 heterocycles. The van der Waals surface area contributed by atoms with E-state index < -0.39 is 24.1 Å². The van der Waals surface area contributed by atoms with E-state index in [9.17, 15) is 22.0 Å². The highest BCUT2D eigenvalue weighted by molar-refractivity contribution is 5.89. The van der Waals surface area contributed by atoms with E-state index in [-0.39, 0.29) is 12.4 Å². The minimum Gasteiger partial charge on any atom is -0.365 e. The molecule has 0 atom stereocenters. The summed E-state index contributed by atoms with van der Waals surface area (Å²) < 4.78 is 65.4. The third kappa shape index (κ3) is 4.07. The Morgan fingerprint density at radius 2 is 1.67 bits per heavy atom. The number of fused-ring (bicyclic) bond motifs is 1.